The van der Waals surface area contributed by atoms with Crippen molar-refractivity contribution < 1.29 is 19.2 Å². The van der Waals surface area contributed by atoms with Crippen molar-refractivity contribution in [1.82, 2.24) is 10.3 Å². The van der Waals surface area contributed by atoms with E-state index >= 15 is 0 Å². The van der Waals surface area contributed by atoms with Crippen LogP contribution in [0.25, 0.3) is 10.2 Å². The molecule has 0 spiro atoms. The number of nitro groups is 1. The number of carbonyl (C=O) groups is 1. The van der Waals surface area contributed by atoms with Crippen LogP contribution in [-0.4, -0.2) is 36.1 Å². The van der Waals surface area contributed by atoms with Gasteiger partial charge in [0.2, 0.25) is 0 Å². The summed E-state index contributed by atoms with van der Waals surface area (Å²) in [5.74, 6) is -0.0178. The Kier molecular flexibility index (Phi) is 6.61. The van der Waals surface area contributed by atoms with Crippen molar-refractivity contribution in [3.63, 3.8) is 0 Å². The van der Waals surface area contributed by atoms with Gasteiger partial charge in [-0.15, -0.1) is 11.3 Å². The first-order chi connectivity index (χ1) is 14.0. The summed E-state index contributed by atoms with van der Waals surface area (Å²) < 4.78 is 11.7. The molecule has 0 fully saturated rings. The number of aromatic nitrogens is 1. The number of nitrogens with one attached hydrogen (secondary N) is 1. The van der Waals surface area contributed by atoms with Gasteiger partial charge >= 0.3 is 0 Å². The smallest absolute Gasteiger partial charge is 0.286 e. The number of nitrogens with zero attached hydrogens (tertiary/aromatic N) is 2. The number of nitro benzene ring substituents is 1. The number of fused-ring (bicyclic) bond motifs is 1. The second-order valence-electron chi connectivity index (χ2n) is 6.15. The molecule has 0 aliphatic rings. The number of rotatable bonds is 9. The Balaban J connectivity index is 1.66. The van der Waals surface area contributed by atoms with Gasteiger partial charge in [0.1, 0.15) is 5.56 Å². The van der Waals surface area contributed by atoms with Gasteiger partial charge in [-0.1, -0.05) is 12.1 Å². The lowest BCUT2D eigenvalue weighted by molar-refractivity contribution is -0.385. The molecule has 1 heterocycles. The molecule has 0 unspecified atom stereocenters. The van der Waals surface area contributed by atoms with Crippen LogP contribution in [0, 0.1) is 10.1 Å². The first-order valence-electron chi connectivity index (χ1n) is 9.15. The van der Waals surface area contributed by atoms with Crippen molar-refractivity contribution in [2.24, 2.45) is 0 Å². The van der Waals surface area contributed by atoms with Gasteiger partial charge in [0, 0.05) is 19.0 Å². The van der Waals surface area contributed by atoms with Crippen molar-refractivity contribution in [3.8, 4) is 11.5 Å². The number of methoxy groups -OCH3 is 1. The van der Waals surface area contributed by atoms with Gasteiger partial charge in [-0.3, -0.25) is 14.9 Å². The third kappa shape index (κ3) is 4.80. The van der Waals surface area contributed by atoms with Crippen molar-refractivity contribution in [2.45, 2.75) is 19.8 Å². The molecule has 0 radical (unpaired) electrons. The Morgan fingerprint density at radius 2 is 2.07 bits per heavy atom. The summed E-state index contributed by atoms with van der Waals surface area (Å²) in [5.41, 5.74) is 0.585. The van der Waals surface area contributed by atoms with Gasteiger partial charge in [0.25, 0.3) is 11.6 Å². The fourth-order valence-electron chi connectivity index (χ4n) is 2.87. The number of para-hydroxylation sites is 1. The van der Waals surface area contributed by atoms with Crippen LogP contribution in [0.1, 0.15) is 28.7 Å². The second kappa shape index (κ2) is 9.33. The van der Waals surface area contributed by atoms with Crippen LogP contribution in [0.5, 0.6) is 11.5 Å². The van der Waals surface area contributed by atoms with Crippen LogP contribution in [0.15, 0.2) is 36.4 Å². The molecule has 1 N–H and O–H groups in total. The zero-order valence-electron chi connectivity index (χ0n) is 16.1. The van der Waals surface area contributed by atoms with Crippen LogP contribution in [0.3, 0.4) is 0 Å². The number of carbonyl (C=O) groups excluding carboxylic acids is 1. The van der Waals surface area contributed by atoms with E-state index < -0.39 is 10.8 Å². The molecule has 2 aromatic carbocycles. The number of benzene rings is 2. The first-order valence-corrected chi connectivity index (χ1v) is 9.97. The maximum atomic E-state index is 12.6. The van der Waals surface area contributed by atoms with Gasteiger partial charge in [0.15, 0.2) is 11.5 Å². The zero-order chi connectivity index (χ0) is 20.8. The van der Waals surface area contributed by atoms with E-state index in [-0.39, 0.29) is 17.0 Å². The molecule has 0 saturated heterocycles. The summed E-state index contributed by atoms with van der Waals surface area (Å²) in [5, 5.41) is 15.1. The summed E-state index contributed by atoms with van der Waals surface area (Å²) >= 11 is 1.63. The summed E-state index contributed by atoms with van der Waals surface area (Å²) in [6.45, 7) is 2.50. The summed E-state index contributed by atoms with van der Waals surface area (Å²) in [6, 6.07) is 10.5. The Labute approximate surface area is 171 Å². The Bertz CT molecular complexity index is 1000. The van der Waals surface area contributed by atoms with Gasteiger partial charge < -0.3 is 14.8 Å². The number of thiazole rings is 1. The average molecular weight is 415 g/mol. The van der Waals surface area contributed by atoms with Gasteiger partial charge in [0.05, 0.1) is 39.9 Å². The van der Waals surface area contributed by atoms with E-state index in [1.165, 1.54) is 19.2 Å². The molecule has 9 heteroatoms. The largest absolute Gasteiger partial charge is 0.493 e. The lowest BCUT2D eigenvalue weighted by atomic mass is 10.1. The minimum Gasteiger partial charge on any atom is -0.493 e. The molecule has 152 valence electrons. The predicted octanol–water partition coefficient (Wildman–Crippen LogP) is 3.97. The summed E-state index contributed by atoms with van der Waals surface area (Å²) in [6.07, 6.45) is 1.39. The highest BCUT2D eigenvalue weighted by molar-refractivity contribution is 7.18. The Hall–Kier alpha value is -3.20. The number of hydrogen-bond acceptors (Lipinski definition) is 7. The molecular weight excluding hydrogens is 394 g/mol. The highest BCUT2D eigenvalue weighted by Crippen LogP contribution is 2.34. The molecule has 0 bridgehead atoms. The van der Waals surface area contributed by atoms with E-state index in [0.29, 0.717) is 31.7 Å². The van der Waals surface area contributed by atoms with E-state index in [1.54, 1.807) is 18.3 Å². The van der Waals surface area contributed by atoms with Gasteiger partial charge in [-0.2, -0.15) is 0 Å². The topological polar surface area (TPSA) is 104 Å². The Morgan fingerprint density at radius 3 is 2.76 bits per heavy atom. The number of hydrogen-bond donors (Lipinski definition) is 1. The maximum Gasteiger partial charge on any atom is 0.286 e. The second-order valence-corrected chi connectivity index (χ2v) is 7.26. The van der Waals surface area contributed by atoms with E-state index in [0.717, 1.165) is 15.2 Å². The van der Waals surface area contributed by atoms with Gasteiger partial charge in [-0.25, -0.2) is 4.98 Å². The van der Waals surface area contributed by atoms with Crippen molar-refractivity contribution in [3.05, 3.63) is 57.1 Å². The molecule has 0 aliphatic heterocycles. The van der Waals surface area contributed by atoms with E-state index in [1.807, 2.05) is 24.3 Å². The monoisotopic (exact) mass is 415 g/mol. The van der Waals surface area contributed by atoms with Crippen molar-refractivity contribution in [1.29, 1.82) is 0 Å². The minimum atomic E-state index is -0.603. The normalized spacial score (nSPS) is 10.7. The molecule has 1 aromatic heterocycles. The molecule has 3 aromatic rings. The lowest BCUT2D eigenvalue weighted by Gasteiger charge is -2.12. The average Bonchev–Trinajstić information content (AvgIpc) is 3.13. The number of aryl methyl sites for hydroxylation is 1. The van der Waals surface area contributed by atoms with Crippen LogP contribution in [0.2, 0.25) is 0 Å². The first kappa shape index (κ1) is 20.5. The van der Waals surface area contributed by atoms with E-state index in [2.05, 4.69) is 10.3 Å². The summed E-state index contributed by atoms with van der Waals surface area (Å²) in [7, 11) is 1.39. The molecular formula is C20H21N3O5S. The molecule has 0 saturated carbocycles. The molecule has 0 aliphatic carbocycles. The van der Waals surface area contributed by atoms with Crippen molar-refractivity contribution in [2.75, 3.05) is 20.3 Å². The van der Waals surface area contributed by atoms with Crippen LogP contribution >= 0.6 is 11.3 Å². The molecule has 1 amide bonds. The standard InChI is InChI=1S/C20H21N3O5S/c1-3-28-17-11-13(15(23(25)26)12-16(17)27-2)20(24)21-10-6-9-19-22-14-7-4-5-8-18(14)29-19/h4-5,7-8,11-12H,3,6,9-10H2,1-2H3,(H,21,24). The number of amides is 1. The molecule has 29 heavy (non-hydrogen) atoms. The zero-order valence-corrected chi connectivity index (χ0v) is 17.0. The van der Waals surface area contributed by atoms with Crippen molar-refractivity contribution >= 4 is 33.1 Å². The maximum absolute atomic E-state index is 12.6. The Morgan fingerprint density at radius 1 is 1.28 bits per heavy atom. The highest BCUT2D eigenvalue weighted by Gasteiger charge is 2.24. The van der Waals surface area contributed by atoms with Crippen LogP contribution in [-0.2, 0) is 6.42 Å². The fourth-order valence-corrected chi connectivity index (χ4v) is 3.88. The van der Waals surface area contributed by atoms with E-state index in [4.69, 9.17) is 9.47 Å². The van der Waals surface area contributed by atoms with Gasteiger partial charge in [-0.05, 0) is 25.5 Å². The minimum absolute atomic E-state index is 0.0563. The SMILES string of the molecule is CCOc1cc(C(=O)NCCCc2nc3ccccc3s2)c([N+](=O)[O-])cc1OC. The van der Waals surface area contributed by atoms with E-state index in [9.17, 15) is 14.9 Å². The lowest BCUT2D eigenvalue weighted by Crippen LogP contribution is -2.25. The van der Waals surface area contributed by atoms with Crippen LogP contribution < -0.4 is 14.8 Å². The fraction of sp³-hybridized carbons (Fsp3) is 0.300. The third-order valence-corrected chi connectivity index (χ3v) is 5.31. The molecule has 3 rings (SSSR count). The molecule has 8 nitrogen and oxygen atoms in total. The highest BCUT2D eigenvalue weighted by atomic mass is 32.1. The summed E-state index contributed by atoms with van der Waals surface area (Å²) in [4.78, 5) is 27.9. The quantitative estimate of drug-likeness (QED) is 0.322. The van der Waals surface area contributed by atoms with Crippen LogP contribution in [0.4, 0.5) is 5.69 Å². The number of ether oxygens (including phenoxy) is 2. The third-order valence-electron chi connectivity index (χ3n) is 4.21. The molecule has 0 atom stereocenters. The predicted molar refractivity (Wildman–Crippen MR) is 111 cm³/mol.